The van der Waals surface area contributed by atoms with Crippen molar-refractivity contribution in [2.24, 2.45) is 5.10 Å². The summed E-state index contributed by atoms with van der Waals surface area (Å²) in [5.41, 5.74) is 0.929. The molecular weight excluding hydrogens is 542 g/mol. The van der Waals surface area contributed by atoms with Crippen molar-refractivity contribution in [1.82, 2.24) is 15.6 Å². The molecule has 1 aromatic rings. The minimum atomic E-state index is -4.79. The summed E-state index contributed by atoms with van der Waals surface area (Å²) in [5.74, 6) is -0.794. The van der Waals surface area contributed by atoms with E-state index in [9.17, 15) is 35.9 Å². The average Bonchev–Trinajstić information content (AvgIpc) is 2.80. The lowest BCUT2D eigenvalue weighted by Crippen LogP contribution is -2.57. The quantitative estimate of drug-likeness (QED) is 0.139. The van der Waals surface area contributed by atoms with Crippen LogP contribution in [0.25, 0.3) is 0 Å². The topological polar surface area (TPSA) is 92.3 Å². The van der Waals surface area contributed by atoms with Crippen LogP contribution in [0.1, 0.15) is 30.4 Å². The molecule has 1 aromatic carbocycles. The van der Waals surface area contributed by atoms with Gasteiger partial charge in [0, 0.05) is 19.7 Å². The van der Waals surface area contributed by atoms with E-state index in [4.69, 9.17) is 4.74 Å². The van der Waals surface area contributed by atoms with Crippen LogP contribution >= 0.6 is 11.8 Å². The third-order valence-corrected chi connectivity index (χ3v) is 6.49. The highest BCUT2D eigenvalue weighted by molar-refractivity contribution is 7.99. The van der Waals surface area contributed by atoms with Crippen LogP contribution in [0.5, 0.6) is 5.75 Å². The van der Waals surface area contributed by atoms with Gasteiger partial charge in [0.15, 0.2) is 6.61 Å². The van der Waals surface area contributed by atoms with Crippen LogP contribution in [0.2, 0.25) is 0 Å². The average molecular weight is 569 g/mol. The van der Waals surface area contributed by atoms with Crippen molar-refractivity contribution in [1.29, 1.82) is 0 Å². The van der Waals surface area contributed by atoms with Gasteiger partial charge in [0.2, 0.25) is 5.91 Å². The first-order valence-corrected chi connectivity index (χ1v) is 12.8. The predicted octanol–water partition coefficient (Wildman–Crippen LogP) is 3.82. The van der Waals surface area contributed by atoms with E-state index in [0.717, 1.165) is 16.1 Å². The zero-order valence-electron chi connectivity index (χ0n) is 20.3. The molecule has 0 aromatic heterocycles. The molecule has 1 saturated heterocycles. The Hall–Kier alpha value is -2.94. The van der Waals surface area contributed by atoms with Gasteiger partial charge in [-0.25, -0.2) is 5.01 Å². The Bertz CT molecular complexity index is 1090. The normalized spacial score (nSPS) is 20.2. The fourth-order valence-electron chi connectivity index (χ4n) is 4.37. The summed E-state index contributed by atoms with van der Waals surface area (Å²) in [6, 6.07) is 4.52. The number of hydrogen-bond acceptors (Lipinski definition) is 7. The van der Waals surface area contributed by atoms with Gasteiger partial charge in [0.05, 0.1) is 23.5 Å². The molecule has 210 valence electrons. The van der Waals surface area contributed by atoms with Crippen LogP contribution in [-0.2, 0) is 26.3 Å². The van der Waals surface area contributed by atoms with E-state index in [-0.39, 0.29) is 42.3 Å². The zero-order valence-corrected chi connectivity index (χ0v) is 21.1. The molecule has 1 spiro atoms. The minimum Gasteiger partial charge on any atom is -0.484 e. The molecule has 0 saturated carbocycles. The summed E-state index contributed by atoms with van der Waals surface area (Å²) in [6.07, 6.45) is -6.70. The van der Waals surface area contributed by atoms with E-state index in [2.05, 4.69) is 27.2 Å². The number of rotatable bonds is 11. The maximum atomic E-state index is 13.2. The monoisotopic (exact) mass is 568 g/mol. The largest absolute Gasteiger partial charge is 0.522 e. The molecule has 3 rings (SSSR count). The van der Waals surface area contributed by atoms with Gasteiger partial charge < -0.3 is 15.4 Å². The van der Waals surface area contributed by atoms with Crippen LogP contribution in [0.15, 0.2) is 34.7 Å². The number of nitrogens with zero attached hydrogens (tertiary/aromatic N) is 2. The molecule has 0 bridgehead atoms. The number of benzene rings is 1. The van der Waals surface area contributed by atoms with E-state index in [1.54, 1.807) is 12.3 Å². The number of thioether (sulfide) groups is 1. The number of amides is 2. The van der Waals surface area contributed by atoms with Crippen LogP contribution in [0.4, 0.5) is 26.3 Å². The third kappa shape index (κ3) is 7.56. The van der Waals surface area contributed by atoms with E-state index in [0.29, 0.717) is 12.8 Å². The number of hydrogen-bond donors (Lipinski definition) is 2. The van der Waals surface area contributed by atoms with Crippen molar-refractivity contribution < 1.29 is 45.4 Å². The Balaban J connectivity index is 1.76. The van der Waals surface area contributed by atoms with Crippen LogP contribution < -0.4 is 15.4 Å². The number of carbonyl (C=O) groups excluding carboxylic acids is 2. The van der Waals surface area contributed by atoms with E-state index in [1.807, 2.05) is 0 Å². The second-order valence-corrected chi connectivity index (χ2v) is 9.52. The maximum absolute atomic E-state index is 13.2. The molecule has 1 aliphatic heterocycles. The van der Waals surface area contributed by atoms with Crippen molar-refractivity contribution >= 4 is 30.3 Å². The van der Waals surface area contributed by atoms with E-state index < -0.39 is 43.1 Å². The van der Waals surface area contributed by atoms with Gasteiger partial charge in [0.1, 0.15) is 11.6 Å². The summed E-state index contributed by atoms with van der Waals surface area (Å²) in [5, 5.41) is 10.5. The Labute approximate surface area is 218 Å². The minimum absolute atomic E-state index is 0.0221. The molecule has 2 aliphatic rings. The first-order chi connectivity index (χ1) is 17.8. The van der Waals surface area contributed by atoms with Gasteiger partial charge in [-0.05, 0) is 48.8 Å². The summed E-state index contributed by atoms with van der Waals surface area (Å²) in [6.45, 7) is 1.23. The lowest BCUT2D eigenvalue weighted by atomic mass is 9.66. The molecule has 1 heterocycles. The number of nitrogens with one attached hydrogen (secondary N) is 2. The molecule has 15 heteroatoms. The lowest BCUT2D eigenvalue weighted by Gasteiger charge is -2.48. The van der Waals surface area contributed by atoms with Crippen molar-refractivity contribution in [3.05, 3.63) is 40.7 Å². The van der Waals surface area contributed by atoms with Crippen LogP contribution in [-0.4, -0.2) is 67.8 Å². The highest BCUT2D eigenvalue weighted by Gasteiger charge is 2.47. The molecule has 2 N–H and O–H groups in total. The van der Waals surface area contributed by atoms with Gasteiger partial charge in [-0.3, -0.25) is 14.3 Å². The number of piperidine rings is 1. The predicted molar refractivity (Wildman–Crippen MR) is 127 cm³/mol. The van der Waals surface area contributed by atoms with E-state index >= 15 is 0 Å². The number of hydrazone groups is 1. The summed E-state index contributed by atoms with van der Waals surface area (Å²) >= 11 is 1.24. The van der Waals surface area contributed by atoms with Crippen molar-refractivity contribution in [3.8, 4) is 5.75 Å². The van der Waals surface area contributed by atoms with Gasteiger partial charge in [-0.15, -0.1) is 13.2 Å². The van der Waals surface area contributed by atoms with Crippen molar-refractivity contribution in [3.63, 3.8) is 0 Å². The maximum Gasteiger partial charge on any atom is 0.522 e. The second kappa shape index (κ2) is 11.8. The molecule has 0 radical (unpaired) electrons. The van der Waals surface area contributed by atoms with Gasteiger partial charge >= 0.3 is 12.5 Å². The van der Waals surface area contributed by atoms with Crippen molar-refractivity contribution in [2.75, 3.05) is 31.8 Å². The highest BCUT2D eigenvalue weighted by Crippen LogP contribution is 2.47. The standard InChI is InChI=1S/C23H26F6N4O4S/c1-30-33(8-3-9-37-23(27,28)29)19(31-18(34)12-38-2)16-6-7-21(32-20(16)35)11-14-10-15(4-5-17(14)21)36-13-22(24,25)26/h4-5,10H,1,3,6-9,11-13H2,2H3,(H,31,34)(H,32,35)/b19-16+. The second-order valence-electron chi connectivity index (χ2n) is 8.66. The smallest absolute Gasteiger partial charge is 0.484 e. The summed E-state index contributed by atoms with van der Waals surface area (Å²) in [4.78, 5) is 25.6. The highest BCUT2D eigenvalue weighted by atomic mass is 32.2. The number of ether oxygens (including phenoxy) is 2. The molecule has 8 nitrogen and oxygen atoms in total. The SMILES string of the molecule is C=NN(CCCOC(F)(F)F)/C(NC(=O)CSC)=C1\CCC2(Cc3cc(OCC(F)(F)F)ccc32)NC1=O. The number of alkyl halides is 6. The Morgan fingerprint density at radius 2 is 2.03 bits per heavy atom. The Morgan fingerprint density at radius 3 is 2.61 bits per heavy atom. The first-order valence-electron chi connectivity index (χ1n) is 11.4. The number of fused-ring (bicyclic) bond motifs is 2. The Kier molecular flexibility index (Phi) is 9.23. The molecule has 38 heavy (non-hydrogen) atoms. The van der Waals surface area contributed by atoms with E-state index in [1.165, 1.54) is 23.9 Å². The van der Waals surface area contributed by atoms with Crippen molar-refractivity contribution in [2.45, 2.75) is 43.8 Å². The fourth-order valence-corrected chi connectivity index (χ4v) is 4.70. The summed E-state index contributed by atoms with van der Waals surface area (Å²) in [7, 11) is 0. The first kappa shape index (κ1) is 29.6. The van der Waals surface area contributed by atoms with Gasteiger partial charge in [-0.2, -0.15) is 30.0 Å². The molecule has 1 atom stereocenters. The lowest BCUT2D eigenvalue weighted by molar-refractivity contribution is -0.324. The Morgan fingerprint density at radius 1 is 1.29 bits per heavy atom. The fraction of sp³-hybridized carbons (Fsp3) is 0.522. The van der Waals surface area contributed by atoms with Crippen LogP contribution in [0.3, 0.4) is 0 Å². The number of carbonyl (C=O) groups is 2. The zero-order chi connectivity index (χ0) is 28.1. The molecule has 1 unspecified atom stereocenters. The van der Waals surface area contributed by atoms with Gasteiger partial charge in [0.25, 0.3) is 5.91 Å². The van der Waals surface area contributed by atoms with Gasteiger partial charge in [-0.1, -0.05) is 6.07 Å². The molecule has 1 aliphatic carbocycles. The van der Waals surface area contributed by atoms with Crippen LogP contribution in [0, 0.1) is 0 Å². The molecular formula is C23H26F6N4O4S. The summed E-state index contributed by atoms with van der Waals surface area (Å²) < 4.78 is 82.8. The molecule has 2 amide bonds. The number of halogens is 6. The molecule has 1 fully saturated rings. The third-order valence-electron chi connectivity index (χ3n) is 5.94.